The number of pyridine rings is 1. The van der Waals surface area contributed by atoms with Gasteiger partial charge in [-0.3, -0.25) is 0 Å². The second kappa shape index (κ2) is 11.5. The largest absolute Gasteiger partial charge is 0.309 e. The Morgan fingerprint density at radius 1 is 0.280 bits per heavy atom. The van der Waals surface area contributed by atoms with E-state index in [2.05, 4.69) is 185 Å². The van der Waals surface area contributed by atoms with Gasteiger partial charge >= 0.3 is 0 Å². The summed E-state index contributed by atoms with van der Waals surface area (Å²) in [5, 5.41) is 5.00. The van der Waals surface area contributed by atoms with Gasteiger partial charge in [-0.05, 0) is 65.7 Å². The number of rotatable bonds is 5. The molecule has 0 spiro atoms. The van der Waals surface area contributed by atoms with Gasteiger partial charge in [0.1, 0.15) is 0 Å². The lowest BCUT2D eigenvalue weighted by Crippen LogP contribution is -1.98. The standard InChI is InChI=1S/C47H31N3/c1-3-13-33(14-4-1)42-30-37(31-43(48-42)34-15-5-2-6-16-34)50-46-22-12-9-19-40(46)41-29-35(25-28-47(41)50)32-23-26-36(27-24-32)49-44-20-10-7-17-38(44)39-18-8-11-21-45(39)49/h1-31H. The molecular weight excluding hydrogens is 607 g/mol. The van der Waals surface area contributed by atoms with Crippen LogP contribution in [0.5, 0.6) is 0 Å². The molecule has 7 aromatic carbocycles. The van der Waals surface area contributed by atoms with E-state index in [-0.39, 0.29) is 0 Å². The van der Waals surface area contributed by atoms with E-state index in [1.165, 1.54) is 54.7 Å². The van der Waals surface area contributed by atoms with Crippen molar-refractivity contribution in [3.8, 4) is 45.0 Å². The average molecular weight is 638 g/mol. The van der Waals surface area contributed by atoms with E-state index in [1.54, 1.807) is 0 Å². The minimum Gasteiger partial charge on any atom is -0.309 e. The minimum absolute atomic E-state index is 0.952. The monoisotopic (exact) mass is 637 g/mol. The number of hydrogen-bond donors (Lipinski definition) is 0. The van der Waals surface area contributed by atoms with Gasteiger partial charge in [-0.2, -0.15) is 0 Å². The highest BCUT2D eigenvalue weighted by molar-refractivity contribution is 6.11. The van der Waals surface area contributed by atoms with Gasteiger partial charge in [0.15, 0.2) is 0 Å². The Hall–Kier alpha value is -6.71. The van der Waals surface area contributed by atoms with E-state index < -0.39 is 0 Å². The maximum absolute atomic E-state index is 5.14. The van der Waals surface area contributed by atoms with Crippen molar-refractivity contribution >= 4 is 43.6 Å². The maximum Gasteiger partial charge on any atom is 0.0730 e. The highest BCUT2D eigenvalue weighted by Crippen LogP contribution is 2.38. The molecule has 0 fully saturated rings. The smallest absolute Gasteiger partial charge is 0.0730 e. The van der Waals surface area contributed by atoms with Gasteiger partial charge in [-0.25, -0.2) is 4.98 Å². The molecule has 3 heteroatoms. The quantitative estimate of drug-likeness (QED) is 0.184. The summed E-state index contributed by atoms with van der Waals surface area (Å²) >= 11 is 0. The fourth-order valence-corrected chi connectivity index (χ4v) is 7.59. The Bertz CT molecular complexity index is 2730. The highest BCUT2D eigenvalue weighted by atomic mass is 15.0. The molecule has 0 bridgehead atoms. The molecule has 0 amide bonds. The zero-order valence-electron chi connectivity index (χ0n) is 27.2. The fraction of sp³-hybridized carbons (Fsp3) is 0. The van der Waals surface area contributed by atoms with Gasteiger partial charge < -0.3 is 9.13 Å². The predicted octanol–water partition coefficient (Wildman–Crippen LogP) is 12.3. The molecule has 0 atom stereocenters. The van der Waals surface area contributed by atoms with Crippen molar-refractivity contribution in [1.82, 2.24) is 14.1 Å². The number of nitrogens with zero attached hydrogens (tertiary/aromatic N) is 3. The average Bonchev–Trinajstić information content (AvgIpc) is 3.71. The second-order valence-electron chi connectivity index (χ2n) is 12.8. The van der Waals surface area contributed by atoms with Gasteiger partial charge in [-0.1, -0.05) is 133 Å². The molecule has 0 aliphatic heterocycles. The van der Waals surface area contributed by atoms with Gasteiger partial charge in [-0.15, -0.1) is 0 Å². The van der Waals surface area contributed by atoms with Gasteiger partial charge in [0.25, 0.3) is 0 Å². The summed E-state index contributed by atoms with van der Waals surface area (Å²) in [6.07, 6.45) is 0. The molecule has 50 heavy (non-hydrogen) atoms. The summed E-state index contributed by atoms with van der Waals surface area (Å²) in [6, 6.07) is 67.3. The van der Waals surface area contributed by atoms with Crippen molar-refractivity contribution in [3.63, 3.8) is 0 Å². The van der Waals surface area contributed by atoms with Gasteiger partial charge in [0, 0.05) is 38.4 Å². The Balaban J connectivity index is 1.12. The molecule has 10 rings (SSSR count). The van der Waals surface area contributed by atoms with Crippen LogP contribution < -0.4 is 0 Å². The first-order chi connectivity index (χ1) is 24.8. The Kier molecular flexibility index (Phi) is 6.49. The van der Waals surface area contributed by atoms with Gasteiger partial charge in [0.2, 0.25) is 0 Å². The van der Waals surface area contributed by atoms with Crippen molar-refractivity contribution in [2.24, 2.45) is 0 Å². The van der Waals surface area contributed by atoms with Crippen LogP contribution in [0.3, 0.4) is 0 Å². The molecule has 0 saturated heterocycles. The molecule has 3 aromatic heterocycles. The summed E-state index contributed by atoms with van der Waals surface area (Å²) in [5.41, 5.74) is 13.5. The van der Waals surface area contributed by atoms with E-state index in [4.69, 9.17) is 4.98 Å². The SMILES string of the molecule is c1ccc(-c2cc(-n3c4ccccc4c4cc(-c5ccc(-n6c7ccccc7c7ccccc76)cc5)ccc43)cc(-c3ccccc3)n2)cc1. The van der Waals surface area contributed by atoms with Crippen LogP contribution in [0.15, 0.2) is 188 Å². The van der Waals surface area contributed by atoms with Crippen LogP contribution >= 0.6 is 0 Å². The number of para-hydroxylation sites is 3. The molecule has 0 aliphatic carbocycles. The van der Waals surface area contributed by atoms with E-state index in [0.717, 1.165) is 33.9 Å². The Morgan fingerprint density at radius 3 is 1.24 bits per heavy atom. The van der Waals surface area contributed by atoms with Crippen molar-refractivity contribution in [1.29, 1.82) is 0 Å². The van der Waals surface area contributed by atoms with E-state index in [0.29, 0.717) is 0 Å². The maximum atomic E-state index is 5.14. The van der Waals surface area contributed by atoms with Crippen LogP contribution in [0.25, 0.3) is 88.6 Å². The van der Waals surface area contributed by atoms with E-state index in [9.17, 15) is 0 Å². The van der Waals surface area contributed by atoms with Gasteiger partial charge in [0.05, 0.1) is 39.1 Å². The molecule has 0 unspecified atom stereocenters. The fourth-order valence-electron chi connectivity index (χ4n) is 7.59. The zero-order chi connectivity index (χ0) is 33.0. The summed E-state index contributed by atoms with van der Waals surface area (Å²) in [4.78, 5) is 5.14. The van der Waals surface area contributed by atoms with Crippen molar-refractivity contribution in [2.45, 2.75) is 0 Å². The first-order valence-corrected chi connectivity index (χ1v) is 17.1. The van der Waals surface area contributed by atoms with Crippen LogP contribution in [0.2, 0.25) is 0 Å². The molecule has 0 aliphatic rings. The molecule has 3 heterocycles. The summed E-state index contributed by atoms with van der Waals surface area (Å²) in [5.74, 6) is 0. The third kappa shape index (κ3) is 4.56. The molecule has 234 valence electrons. The number of benzene rings is 7. The van der Waals surface area contributed by atoms with Crippen molar-refractivity contribution < 1.29 is 0 Å². The molecule has 3 nitrogen and oxygen atoms in total. The normalized spacial score (nSPS) is 11.6. The van der Waals surface area contributed by atoms with Crippen LogP contribution in [0.1, 0.15) is 0 Å². The second-order valence-corrected chi connectivity index (χ2v) is 12.8. The third-order valence-corrected chi connectivity index (χ3v) is 9.92. The molecule has 0 radical (unpaired) electrons. The predicted molar refractivity (Wildman–Crippen MR) is 209 cm³/mol. The van der Waals surface area contributed by atoms with Crippen LogP contribution in [-0.4, -0.2) is 14.1 Å². The molecule has 0 N–H and O–H groups in total. The Labute approximate surface area is 290 Å². The van der Waals surface area contributed by atoms with E-state index in [1.807, 2.05) is 12.1 Å². The van der Waals surface area contributed by atoms with Crippen molar-refractivity contribution in [3.05, 3.63) is 188 Å². The minimum atomic E-state index is 0.952. The van der Waals surface area contributed by atoms with Crippen molar-refractivity contribution in [2.75, 3.05) is 0 Å². The van der Waals surface area contributed by atoms with Crippen LogP contribution in [-0.2, 0) is 0 Å². The zero-order valence-corrected chi connectivity index (χ0v) is 27.2. The summed E-state index contributed by atoms with van der Waals surface area (Å²) in [7, 11) is 0. The number of hydrogen-bond acceptors (Lipinski definition) is 1. The first-order valence-electron chi connectivity index (χ1n) is 17.1. The summed E-state index contributed by atoms with van der Waals surface area (Å²) < 4.78 is 4.76. The summed E-state index contributed by atoms with van der Waals surface area (Å²) in [6.45, 7) is 0. The molecule has 0 saturated carbocycles. The number of aromatic nitrogens is 3. The molecule has 10 aromatic rings. The lowest BCUT2D eigenvalue weighted by Gasteiger charge is -2.13. The van der Waals surface area contributed by atoms with E-state index >= 15 is 0 Å². The lowest BCUT2D eigenvalue weighted by molar-refractivity contribution is 1.16. The molecular formula is C47H31N3. The van der Waals surface area contributed by atoms with Crippen LogP contribution in [0, 0.1) is 0 Å². The van der Waals surface area contributed by atoms with Crippen LogP contribution in [0.4, 0.5) is 0 Å². The number of fused-ring (bicyclic) bond motifs is 6. The Morgan fingerprint density at radius 2 is 0.700 bits per heavy atom. The first kappa shape index (κ1) is 28.3. The third-order valence-electron chi connectivity index (χ3n) is 9.92. The topological polar surface area (TPSA) is 22.8 Å². The lowest BCUT2D eigenvalue weighted by atomic mass is 10.0. The highest BCUT2D eigenvalue weighted by Gasteiger charge is 2.17.